The lowest BCUT2D eigenvalue weighted by atomic mass is 9.97. The summed E-state index contributed by atoms with van der Waals surface area (Å²) < 4.78 is 0. The molecule has 2 amide bonds. The molecule has 6 heteroatoms. The Balaban J connectivity index is 2.03. The van der Waals surface area contributed by atoms with Crippen LogP contribution < -0.4 is 5.32 Å². The quantitative estimate of drug-likeness (QED) is 0.700. The van der Waals surface area contributed by atoms with Crippen LogP contribution in [0, 0.1) is 0 Å². The average Bonchev–Trinajstić information content (AvgIpc) is 3.08. The third-order valence-electron chi connectivity index (χ3n) is 3.60. The summed E-state index contributed by atoms with van der Waals surface area (Å²) >= 11 is 0. The van der Waals surface area contributed by atoms with Gasteiger partial charge in [-0.25, -0.2) is 9.97 Å². The van der Waals surface area contributed by atoms with Gasteiger partial charge < -0.3 is 4.98 Å². The summed E-state index contributed by atoms with van der Waals surface area (Å²) in [4.78, 5) is 35.6. The van der Waals surface area contributed by atoms with Crippen LogP contribution in [0.1, 0.15) is 11.1 Å². The Kier molecular flexibility index (Phi) is 2.62. The molecule has 0 bridgehead atoms. The van der Waals surface area contributed by atoms with Gasteiger partial charge in [-0.3, -0.25) is 14.9 Å². The molecule has 3 aromatic rings. The molecule has 1 aliphatic rings. The summed E-state index contributed by atoms with van der Waals surface area (Å²) in [5.74, 6) is -0.807. The molecular weight excluding hydrogens is 280 g/mol. The molecule has 0 unspecified atom stereocenters. The monoisotopic (exact) mass is 290 g/mol. The highest BCUT2D eigenvalue weighted by atomic mass is 16.2. The molecule has 2 N–H and O–H groups in total. The fourth-order valence-electron chi connectivity index (χ4n) is 2.65. The van der Waals surface area contributed by atoms with E-state index >= 15 is 0 Å². The minimum Gasteiger partial charge on any atom is -0.358 e. The predicted molar refractivity (Wildman–Crippen MR) is 80.3 cm³/mol. The van der Waals surface area contributed by atoms with Gasteiger partial charge in [0.05, 0.1) is 28.4 Å². The van der Waals surface area contributed by atoms with Crippen molar-refractivity contribution in [3.63, 3.8) is 0 Å². The van der Waals surface area contributed by atoms with Crippen LogP contribution in [0.25, 0.3) is 22.2 Å². The lowest BCUT2D eigenvalue weighted by molar-refractivity contribution is -0.122. The first-order valence-corrected chi connectivity index (χ1v) is 6.68. The minimum atomic E-state index is -0.414. The SMILES string of the molecule is O=C1NC(=O)C(c2c[nH]c3cncnc23)=C1c1ccccc1. The second kappa shape index (κ2) is 4.63. The number of imide groups is 1. The number of rotatable bonds is 2. The molecule has 4 rings (SSSR count). The van der Waals surface area contributed by atoms with Crippen LogP contribution in [0.3, 0.4) is 0 Å². The fraction of sp³-hybridized carbons (Fsp3) is 0. The van der Waals surface area contributed by atoms with Gasteiger partial charge in [-0.15, -0.1) is 0 Å². The Labute approximate surface area is 124 Å². The Bertz CT molecular complexity index is 941. The number of carbonyl (C=O) groups excluding carboxylic acids is 2. The van der Waals surface area contributed by atoms with Crippen LogP contribution in [0.4, 0.5) is 0 Å². The maximum absolute atomic E-state index is 12.3. The van der Waals surface area contributed by atoms with E-state index in [0.717, 1.165) is 0 Å². The molecule has 0 saturated heterocycles. The van der Waals surface area contributed by atoms with Crippen molar-refractivity contribution >= 4 is 34.0 Å². The molecule has 2 aromatic heterocycles. The number of aromatic amines is 1. The molecule has 0 saturated carbocycles. The van der Waals surface area contributed by atoms with Gasteiger partial charge in [-0.1, -0.05) is 30.3 Å². The Morgan fingerprint density at radius 2 is 1.73 bits per heavy atom. The number of benzene rings is 1. The highest BCUT2D eigenvalue weighted by Gasteiger charge is 2.33. The van der Waals surface area contributed by atoms with Crippen molar-refractivity contribution in [2.45, 2.75) is 0 Å². The molecule has 0 aliphatic carbocycles. The summed E-state index contributed by atoms with van der Waals surface area (Å²) in [6.07, 6.45) is 4.72. The molecule has 106 valence electrons. The minimum absolute atomic E-state index is 0.334. The zero-order valence-electron chi connectivity index (χ0n) is 11.3. The second-order valence-corrected chi connectivity index (χ2v) is 4.89. The number of fused-ring (bicyclic) bond motifs is 1. The largest absolute Gasteiger partial charge is 0.358 e. The van der Waals surface area contributed by atoms with E-state index < -0.39 is 11.8 Å². The van der Waals surface area contributed by atoms with Gasteiger partial charge in [0.1, 0.15) is 6.33 Å². The van der Waals surface area contributed by atoms with E-state index in [1.807, 2.05) is 18.2 Å². The summed E-state index contributed by atoms with van der Waals surface area (Å²) in [7, 11) is 0. The molecule has 0 spiro atoms. The van der Waals surface area contributed by atoms with E-state index in [2.05, 4.69) is 20.3 Å². The van der Waals surface area contributed by atoms with Gasteiger partial charge in [0.25, 0.3) is 11.8 Å². The number of hydrogen-bond acceptors (Lipinski definition) is 4. The molecule has 3 heterocycles. The summed E-state index contributed by atoms with van der Waals surface area (Å²) in [5.41, 5.74) is 3.32. The highest BCUT2D eigenvalue weighted by Crippen LogP contribution is 2.33. The van der Waals surface area contributed by atoms with Gasteiger partial charge in [-0.05, 0) is 5.56 Å². The van der Waals surface area contributed by atoms with Gasteiger partial charge in [0.15, 0.2) is 0 Å². The van der Waals surface area contributed by atoms with Crippen molar-refractivity contribution in [2.75, 3.05) is 0 Å². The van der Waals surface area contributed by atoms with Gasteiger partial charge in [0, 0.05) is 11.8 Å². The van der Waals surface area contributed by atoms with Gasteiger partial charge >= 0.3 is 0 Å². The van der Waals surface area contributed by atoms with Crippen LogP contribution in [-0.2, 0) is 9.59 Å². The van der Waals surface area contributed by atoms with Crippen LogP contribution in [0.15, 0.2) is 49.1 Å². The second-order valence-electron chi connectivity index (χ2n) is 4.89. The average molecular weight is 290 g/mol. The third-order valence-corrected chi connectivity index (χ3v) is 3.60. The molecule has 6 nitrogen and oxygen atoms in total. The molecule has 1 aliphatic heterocycles. The molecule has 0 atom stereocenters. The Morgan fingerprint density at radius 3 is 2.55 bits per heavy atom. The van der Waals surface area contributed by atoms with E-state index in [4.69, 9.17) is 0 Å². The molecule has 0 radical (unpaired) electrons. The summed E-state index contributed by atoms with van der Waals surface area (Å²) in [6.45, 7) is 0. The summed E-state index contributed by atoms with van der Waals surface area (Å²) in [6, 6.07) is 9.12. The Hall–Kier alpha value is -3.28. The van der Waals surface area contributed by atoms with Crippen molar-refractivity contribution in [3.05, 3.63) is 60.2 Å². The van der Waals surface area contributed by atoms with Crippen LogP contribution >= 0.6 is 0 Å². The van der Waals surface area contributed by atoms with E-state index in [9.17, 15) is 9.59 Å². The smallest absolute Gasteiger partial charge is 0.259 e. The molecular formula is C16H10N4O2. The number of H-pyrrole nitrogens is 1. The lowest BCUT2D eigenvalue weighted by Gasteiger charge is -2.03. The van der Waals surface area contributed by atoms with E-state index in [0.29, 0.717) is 33.3 Å². The van der Waals surface area contributed by atoms with Gasteiger partial charge in [0.2, 0.25) is 0 Å². The van der Waals surface area contributed by atoms with E-state index in [1.165, 1.54) is 6.33 Å². The van der Waals surface area contributed by atoms with Gasteiger partial charge in [-0.2, -0.15) is 0 Å². The fourth-order valence-corrected chi connectivity index (χ4v) is 2.65. The van der Waals surface area contributed by atoms with Crippen molar-refractivity contribution in [2.24, 2.45) is 0 Å². The first-order chi connectivity index (χ1) is 10.8. The van der Waals surface area contributed by atoms with Crippen LogP contribution in [0.2, 0.25) is 0 Å². The number of aromatic nitrogens is 3. The predicted octanol–water partition coefficient (Wildman–Crippen LogP) is 1.53. The number of amides is 2. The van der Waals surface area contributed by atoms with Crippen LogP contribution in [0.5, 0.6) is 0 Å². The third kappa shape index (κ3) is 1.74. The first-order valence-electron chi connectivity index (χ1n) is 6.68. The number of nitrogens with one attached hydrogen (secondary N) is 2. The maximum Gasteiger partial charge on any atom is 0.259 e. The number of nitrogens with zero attached hydrogens (tertiary/aromatic N) is 2. The van der Waals surface area contributed by atoms with Crippen molar-refractivity contribution < 1.29 is 9.59 Å². The summed E-state index contributed by atoms with van der Waals surface area (Å²) in [5, 5.41) is 2.36. The highest BCUT2D eigenvalue weighted by molar-refractivity contribution is 6.49. The molecule has 1 aromatic carbocycles. The van der Waals surface area contributed by atoms with Crippen molar-refractivity contribution in [1.29, 1.82) is 0 Å². The lowest BCUT2D eigenvalue weighted by Crippen LogP contribution is -2.22. The zero-order valence-corrected chi connectivity index (χ0v) is 11.3. The standard InChI is InChI=1S/C16H10N4O2/c21-15-12(9-4-2-1-3-5-9)13(16(22)20-15)10-6-18-11-7-17-8-19-14(10)11/h1-8,18H,(H,20,21,22). The maximum atomic E-state index is 12.3. The zero-order chi connectivity index (χ0) is 15.1. The first kappa shape index (κ1) is 12.5. The topological polar surface area (TPSA) is 87.7 Å². The van der Waals surface area contributed by atoms with Crippen LogP contribution in [-0.4, -0.2) is 26.8 Å². The van der Waals surface area contributed by atoms with Crippen molar-refractivity contribution in [1.82, 2.24) is 20.3 Å². The van der Waals surface area contributed by atoms with Crippen molar-refractivity contribution in [3.8, 4) is 0 Å². The van der Waals surface area contributed by atoms with E-state index in [1.54, 1.807) is 24.5 Å². The number of carbonyl (C=O) groups is 2. The van der Waals surface area contributed by atoms with E-state index in [-0.39, 0.29) is 0 Å². The molecule has 22 heavy (non-hydrogen) atoms. The molecule has 0 fully saturated rings. The normalized spacial score (nSPS) is 14.7. The Morgan fingerprint density at radius 1 is 0.955 bits per heavy atom. The number of hydrogen-bond donors (Lipinski definition) is 2.